The number of ether oxygens (including phenoxy) is 2. The molecule has 10 nitrogen and oxygen atoms in total. The van der Waals surface area contributed by atoms with Crippen molar-refractivity contribution in [2.24, 2.45) is 0 Å². The molecule has 1 aliphatic heterocycles. The largest absolute Gasteiger partial charge is 0.508 e. The Hall–Kier alpha value is -2.89. The summed E-state index contributed by atoms with van der Waals surface area (Å²) in [6.07, 6.45) is -7.71. The maximum absolute atomic E-state index is 12.8. The van der Waals surface area contributed by atoms with E-state index in [4.69, 9.17) is 9.47 Å². The number of hydrogen-bond donors (Lipinski definition) is 7. The molecular formula is C21H24O10. The second kappa shape index (κ2) is 9.50. The van der Waals surface area contributed by atoms with E-state index in [1.807, 2.05) is 0 Å². The van der Waals surface area contributed by atoms with E-state index >= 15 is 0 Å². The highest BCUT2D eigenvalue weighted by Crippen LogP contribution is 2.36. The summed E-state index contributed by atoms with van der Waals surface area (Å²) in [6, 6.07) is 8.30. The number of phenols is 3. The SMILES string of the molecule is O=C(CCc1cccc(O)c1)c1c(O)cc(O)cc1OC1OC(CO)C(O)C(O)C1O. The zero-order valence-corrected chi connectivity index (χ0v) is 16.3. The van der Waals surface area contributed by atoms with Gasteiger partial charge in [0.25, 0.3) is 0 Å². The predicted octanol–water partition coefficient (Wildman–Crippen LogP) is -0.202. The highest BCUT2D eigenvalue weighted by Gasteiger charge is 2.45. The van der Waals surface area contributed by atoms with Crippen LogP contribution in [0.3, 0.4) is 0 Å². The van der Waals surface area contributed by atoms with E-state index in [1.165, 1.54) is 12.1 Å². The summed E-state index contributed by atoms with van der Waals surface area (Å²) in [7, 11) is 0. The van der Waals surface area contributed by atoms with Crippen LogP contribution < -0.4 is 4.74 Å². The van der Waals surface area contributed by atoms with Gasteiger partial charge in [0, 0.05) is 18.6 Å². The lowest BCUT2D eigenvalue weighted by Crippen LogP contribution is -2.60. The summed E-state index contributed by atoms with van der Waals surface area (Å²) >= 11 is 0. The molecule has 0 saturated carbocycles. The number of ketones is 1. The zero-order chi connectivity index (χ0) is 22.7. The fourth-order valence-corrected chi connectivity index (χ4v) is 3.34. The average molecular weight is 436 g/mol. The molecule has 0 radical (unpaired) electrons. The average Bonchev–Trinajstić information content (AvgIpc) is 2.72. The van der Waals surface area contributed by atoms with Crippen LogP contribution in [0.5, 0.6) is 23.0 Å². The lowest BCUT2D eigenvalue weighted by Gasteiger charge is -2.39. The van der Waals surface area contributed by atoms with Crippen LogP contribution in [0.1, 0.15) is 22.3 Å². The number of Topliss-reactive ketones (excluding diaryl/α,β-unsaturated/α-hetero) is 1. The van der Waals surface area contributed by atoms with Gasteiger partial charge in [-0.3, -0.25) is 4.79 Å². The van der Waals surface area contributed by atoms with Crippen LogP contribution in [-0.4, -0.2) is 78.8 Å². The number of carbonyl (C=O) groups is 1. The Balaban J connectivity index is 1.83. The Morgan fingerprint density at radius 3 is 2.39 bits per heavy atom. The zero-order valence-electron chi connectivity index (χ0n) is 16.3. The number of aliphatic hydroxyl groups excluding tert-OH is 4. The molecule has 5 unspecified atom stereocenters. The van der Waals surface area contributed by atoms with Crippen LogP contribution in [-0.2, 0) is 11.2 Å². The molecule has 31 heavy (non-hydrogen) atoms. The Kier molecular flexibility index (Phi) is 6.98. The van der Waals surface area contributed by atoms with Crippen LogP contribution in [0, 0.1) is 0 Å². The molecule has 0 amide bonds. The van der Waals surface area contributed by atoms with Gasteiger partial charge in [-0.05, 0) is 24.1 Å². The van der Waals surface area contributed by atoms with Gasteiger partial charge in [0.05, 0.1) is 6.61 Å². The summed E-state index contributed by atoms with van der Waals surface area (Å²) in [5.74, 6) is -1.82. The molecule has 1 aliphatic rings. The van der Waals surface area contributed by atoms with Crippen molar-refractivity contribution in [3.05, 3.63) is 47.5 Å². The summed E-state index contributed by atoms with van der Waals surface area (Å²) in [6.45, 7) is -0.675. The molecule has 2 aromatic rings. The normalized spacial score (nSPS) is 25.9. The Morgan fingerprint density at radius 1 is 0.968 bits per heavy atom. The summed E-state index contributed by atoms with van der Waals surface area (Å²) in [5.41, 5.74) is 0.401. The molecule has 1 fully saturated rings. The fraction of sp³-hybridized carbons (Fsp3) is 0.381. The van der Waals surface area contributed by atoms with Crippen molar-refractivity contribution in [2.45, 2.75) is 43.5 Å². The number of aromatic hydroxyl groups is 3. The first-order valence-corrected chi connectivity index (χ1v) is 9.55. The van der Waals surface area contributed by atoms with E-state index < -0.39 is 54.6 Å². The topological polar surface area (TPSA) is 177 Å². The van der Waals surface area contributed by atoms with Crippen molar-refractivity contribution < 1.29 is 50.0 Å². The van der Waals surface area contributed by atoms with Crippen LogP contribution in [0.25, 0.3) is 0 Å². The maximum Gasteiger partial charge on any atom is 0.229 e. The maximum atomic E-state index is 12.8. The minimum absolute atomic E-state index is 0.0454. The van der Waals surface area contributed by atoms with Gasteiger partial charge in [-0.15, -0.1) is 0 Å². The number of aliphatic hydroxyl groups is 4. The van der Waals surface area contributed by atoms with E-state index in [0.717, 1.165) is 12.1 Å². The third-order valence-electron chi connectivity index (χ3n) is 4.99. The van der Waals surface area contributed by atoms with Crippen molar-refractivity contribution in [2.75, 3.05) is 6.61 Å². The van der Waals surface area contributed by atoms with Crippen molar-refractivity contribution in [1.82, 2.24) is 0 Å². The first-order valence-electron chi connectivity index (χ1n) is 9.55. The second-order valence-corrected chi connectivity index (χ2v) is 7.25. The highest BCUT2D eigenvalue weighted by atomic mass is 16.7. The third kappa shape index (κ3) is 5.06. The van der Waals surface area contributed by atoms with Gasteiger partial charge >= 0.3 is 0 Å². The van der Waals surface area contributed by atoms with E-state index in [1.54, 1.807) is 12.1 Å². The number of carbonyl (C=O) groups excluding carboxylic acids is 1. The number of aryl methyl sites for hydroxylation is 1. The van der Waals surface area contributed by atoms with Crippen molar-refractivity contribution in [3.63, 3.8) is 0 Å². The Bertz CT molecular complexity index is 928. The molecule has 0 bridgehead atoms. The summed E-state index contributed by atoms with van der Waals surface area (Å²) in [5, 5.41) is 68.8. The van der Waals surface area contributed by atoms with Crippen LogP contribution in [0.2, 0.25) is 0 Å². The molecular weight excluding hydrogens is 412 g/mol. The number of phenolic OH excluding ortho intramolecular Hbond substituents is 3. The Labute approximate surface area is 177 Å². The first kappa shape index (κ1) is 22.8. The molecule has 1 saturated heterocycles. The van der Waals surface area contributed by atoms with E-state index in [0.29, 0.717) is 5.56 Å². The summed E-state index contributed by atoms with van der Waals surface area (Å²) in [4.78, 5) is 12.8. The molecule has 0 aliphatic carbocycles. The van der Waals surface area contributed by atoms with Gasteiger partial charge in [0.1, 0.15) is 53.0 Å². The minimum Gasteiger partial charge on any atom is -0.508 e. The number of rotatable bonds is 7. The molecule has 0 spiro atoms. The molecule has 5 atom stereocenters. The first-order chi connectivity index (χ1) is 14.7. The van der Waals surface area contributed by atoms with Crippen LogP contribution in [0.4, 0.5) is 0 Å². The predicted molar refractivity (Wildman–Crippen MR) is 105 cm³/mol. The van der Waals surface area contributed by atoms with Gasteiger partial charge in [0.15, 0.2) is 5.78 Å². The summed E-state index contributed by atoms with van der Waals surface area (Å²) < 4.78 is 10.7. The third-order valence-corrected chi connectivity index (χ3v) is 4.99. The van der Waals surface area contributed by atoms with Gasteiger partial charge in [-0.25, -0.2) is 0 Å². The van der Waals surface area contributed by atoms with E-state index in [-0.39, 0.29) is 29.9 Å². The molecule has 1 heterocycles. The van der Waals surface area contributed by atoms with Crippen molar-refractivity contribution in [1.29, 1.82) is 0 Å². The van der Waals surface area contributed by atoms with Crippen molar-refractivity contribution in [3.8, 4) is 23.0 Å². The molecule has 10 heteroatoms. The lowest BCUT2D eigenvalue weighted by atomic mass is 9.99. The quantitative estimate of drug-likeness (QED) is 0.288. The van der Waals surface area contributed by atoms with Gasteiger partial charge in [-0.2, -0.15) is 0 Å². The number of hydrogen-bond acceptors (Lipinski definition) is 10. The standard InChI is InChI=1S/C21H24O10/c22-9-16-18(27)19(28)20(29)21(31-16)30-15-8-12(24)7-14(26)17(15)13(25)5-4-10-2-1-3-11(23)6-10/h1-3,6-8,16,18-24,26-29H,4-5,9H2. The lowest BCUT2D eigenvalue weighted by molar-refractivity contribution is -0.277. The molecule has 3 rings (SSSR count). The molecule has 2 aromatic carbocycles. The van der Waals surface area contributed by atoms with Gasteiger partial charge in [0.2, 0.25) is 6.29 Å². The monoisotopic (exact) mass is 436 g/mol. The minimum atomic E-state index is -1.74. The fourth-order valence-electron chi connectivity index (χ4n) is 3.34. The smallest absolute Gasteiger partial charge is 0.229 e. The number of benzene rings is 2. The second-order valence-electron chi connectivity index (χ2n) is 7.25. The van der Waals surface area contributed by atoms with Gasteiger partial charge < -0.3 is 45.2 Å². The Morgan fingerprint density at radius 2 is 1.71 bits per heavy atom. The molecule has 0 aromatic heterocycles. The van der Waals surface area contributed by atoms with Crippen LogP contribution in [0.15, 0.2) is 36.4 Å². The molecule has 7 N–H and O–H groups in total. The van der Waals surface area contributed by atoms with Crippen LogP contribution >= 0.6 is 0 Å². The highest BCUT2D eigenvalue weighted by molar-refractivity contribution is 6.01. The van der Waals surface area contributed by atoms with E-state index in [9.17, 15) is 40.5 Å². The van der Waals surface area contributed by atoms with E-state index in [2.05, 4.69) is 0 Å². The van der Waals surface area contributed by atoms with Crippen molar-refractivity contribution >= 4 is 5.78 Å². The molecule has 168 valence electrons. The van der Waals surface area contributed by atoms with Gasteiger partial charge in [-0.1, -0.05) is 12.1 Å².